The first kappa shape index (κ1) is 66.6. The highest BCUT2D eigenvalue weighted by molar-refractivity contribution is 5.71. The van der Waals surface area contributed by atoms with Crippen LogP contribution in [0.15, 0.2) is 36.5 Å². The van der Waals surface area contributed by atoms with Gasteiger partial charge in [0.15, 0.2) is 6.10 Å². The zero-order valence-corrected chi connectivity index (χ0v) is 46.3. The van der Waals surface area contributed by atoms with E-state index in [1.807, 2.05) is 0 Å². The molecule has 0 rings (SSSR count). The average molecular weight is 970 g/mol. The molecule has 1 unspecified atom stereocenters. The van der Waals surface area contributed by atoms with Crippen LogP contribution in [-0.4, -0.2) is 37.2 Å². The number of rotatable bonds is 56. The first-order valence-corrected chi connectivity index (χ1v) is 30.5. The molecule has 404 valence electrons. The lowest BCUT2D eigenvalue weighted by atomic mass is 10.0. The van der Waals surface area contributed by atoms with Crippen molar-refractivity contribution in [3.8, 4) is 0 Å². The molecule has 0 N–H and O–H groups in total. The molecule has 6 nitrogen and oxygen atoms in total. The van der Waals surface area contributed by atoms with Crippen LogP contribution >= 0.6 is 0 Å². The molecule has 0 saturated carbocycles. The van der Waals surface area contributed by atoms with E-state index in [0.717, 1.165) is 77.0 Å². The molecule has 1 atom stereocenters. The molecular formula is C63H116O6. The average Bonchev–Trinajstić information content (AvgIpc) is 3.35. The summed E-state index contributed by atoms with van der Waals surface area (Å²) in [5, 5.41) is 0. The maximum atomic E-state index is 12.9. The standard InChI is InChI=1S/C63H116O6/c1-4-7-10-13-16-19-22-25-28-31-33-35-38-41-44-47-50-53-56-62(65)68-59-60(58-67-61(64)55-52-49-46-43-40-37-34-30-27-24-21-18-15-12-9-6-3)69-63(66)57-54-51-48-45-42-39-36-32-29-26-23-20-17-14-11-8-5-2/h21,24,26,29-30,34,60H,4-20,22-23,25,27-28,31-33,35-59H2,1-3H3/b24-21-,29-26-,34-30-. The SMILES string of the molecule is CCCCCC/C=C\C/C=C\CCCCCCCC(=O)OCC(COC(=O)CCCCCCCCCCCCCCCCCCCC)OC(=O)CCCCCCCCC/C=C\CCCCCCCC. The monoisotopic (exact) mass is 969 g/mol. The molecule has 0 aliphatic rings. The Labute approximate surface area is 429 Å². The fraction of sp³-hybridized carbons (Fsp3) is 0.857. The van der Waals surface area contributed by atoms with Crippen LogP contribution in [0.5, 0.6) is 0 Å². The van der Waals surface area contributed by atoms with Crippen molar-refractivity contribution in [2.45, 2.75) is 335 Å². The quantitative estimate of drug-likeness (QED) is 0.0261. The van der Waals surface area contributed by atoms with Crippen LogP contribution in [0.4, 0.5) is 0 Å². The molecule has 0 fully saturated rings. The normalized spacial score (nSPS) is 12.2. The molecule has 0 bridgehead atoms. The van der Waals surface area contributed by atoms with Gasteiger partial charge >= 0.3 is 17.9 Å². The van der Waals surface area contributed by atoms with Gasteiger partial charge in [0.1, 0.15) is 13.2 Å². The van der Waals surface area contributed by atoms with Crippen molar-refractivity contribution >= 4 is 17.9 Å². The Hall–Kier alpha value is -2.37. The van der Waals surface area contributed by atoms with E-state index in [2.05, 4.69) is 57.2 Å². The summed E-state index contributed by atoms with van der Waals surface area (Å²) in [4.78, 5) is 38.2. The predicted octanol–water partition coefficient (Wildman–Crippen LogP) is 20.4. The Morgan fingerprint density at radius 3 is 0.826 bits per heavy atom. The summed E-state index contributed by atoms with van der Waals surface area (Å²) in [6.45, 7) is 6.66. The second-order valence-electron chi connectivity index (χ2n) is 20.6. The summed E-state index contributed by atoms with van der Waals surface area (Å²) in [5.74, 6) is -0.872. The van der Waals surface area contributed by atoms with Gasteiger partial charge in [-0.25, -0.2) is 0 Å². The number of carbonyl (C=O) groups is 3. The predicted molar refractivity (Wildman–Crippen MR) is 298 cm³/mol. The molecule has 0 amide bonds. The first-order chi connectivity index (χ1) is 34.0. The molecule has 0 saturated heterocycles. The van der Waals surface area contributed by atoms with Crippen LogP contribution in [0.1, 0.15) is 329 Å². The third kappa shape index (κ3) is 56.4. The van der Waals surface area contributed by atoms with Crippen molar-refractivity contribution in [3.05, 3.63) is 36.5 Å². The molecule has 0 spiro atoms. The minimum absolute atomic E-state index is 0.0745. The third-order valence-electron chi connectivity index (χ3n) is 13.6. The fourth-order valence-corrected chi connectivity index (χ4v) is 9.00. The Bertz CT molecular complexity index is 1160. The molecule has 0 radical (unpaired) electrons. The molecule has 0 aromatic carbocycles. The van der Waals surface area contributed by atoms with E-state index < -0.39 is 6.10 Å². The van der Waals surface area contributed by atoms with Crippen molar-refractivity contribution in [1.82, 2.24) is 0 Å². The van der Waals surface area contributed by atoms with Gasteiger partial charge in [0, 0.05) is 19.3 Å². The summed E-state index contributed by atoms with van der Waals surface area (Å²) in [6, 6.07) is 0. The highest BCUT2D eigenvalue weighted by Crippen LogP contribution is 2.17. The first-order valence-electron chi connectivity index (χ1n) is 30.5. The van der Waals surface area contributed by atoms with Crippen molar-refractivity contribution in [1.29, 1.82) is 0 Å². The number of unbranched alkanes of at least 4 members (excludes halogenated alkanes) is 39. The van der Waals surface area contributed by atoms with Gasteiger partial charge in [-0.3, -0.25) is 14.4 Å². The molecule has 69 heavy (non-hydrogen) atoms. The maximum absolute atomic E-state index is 12.9. The summed E-state index contributed by atoms with van der Waals surface area (Å²) in [7, 11) is 0. The largest absolute Gasteiger partial charge is 0.462 e. The lowest BCUT2D eigenvalue weighted by Crippen LogP contribution is -2.30. The zero-order chi connectivity index (χ0) is 50.0. The van der Waals surface area contributed by atoms with Gasteiger partial charge in [-0.05, 0) is 77.0 Å². The van der Waals surface area contributed by atoms with Crippen molar-refractivity contribution in [2.75, 3.05) is 13.2 Å². The summed E-state index contributed by atoms with van der Waals surface area (Å²) < 4.78 is 16.9. The minimum Gasteiger partial charge on any atom is -0.462 e. The van der Waals surface area contributed by atoms with E-state index in [0.29, 0.717) is 19.3 Å². The summed E-state index contributed by atoms with van der Waals surface area (Å²) in [5.41, 5.74) is 0. The summed E-state index contributed by atoms with van der Waals surface area (Å²) >= 11 is 0. The van der Waals surface area contributed by atoms with E-state index in [1.165, 1.54) is 212 Å². The highest BCUT2D eigenvalue weighted by atomic mass is 16.6. The minimum atomic E-state index is -0.778. The van der Waals surface area contributed by atoms with E-state index >= 15 is 0 Å². The number of allylic oxidation sites excluding steroid dienone is 6. The number of hydrogen-bond donors (Lipinski definition) is 0. The number of esters is 3. The van der Waals surface area contributed by atoms with Crippen LogP contribution in [0.3, 0.4) is 0 Å². The Morgan fingerprint density at radius 2 is 0.522 bits per heavy atom. The molecule has 6 heteroatoms. The van der Waals surface area contributed by atoms with Crippen LogP contribution < -0.4 is 0 Å². The van der Waals surface area contributed by atoms with Crippen LogP contribution in [0.25, 0.3) is 0 Å². The summed E-state index contributed by atoms with van der Waals surface area (Å²) in [6.07, 6.45) is 69.9. The van der Waals surface area contributed by atoms with E-state index in [-0.39, 0.29) is 31.1 Å². The van der Waals surface area contributed by atoms with E-state index in [1.54, 1.807) is 0 Å². The van der Waals surface area contributed by atoms with Gasteiger partial charge in [-0.2, -0.15) is 0 Å². The van der Waals surface area contributed by atoms with Gasteiger partial charge in [0.2, 0.25) is 0 Å². The van der Waals surface area contributed by atoms with Gasteiger partial charge in [0.05, 0.1) is 0 Å². The van der Waals surface area contributed by atoms with Gasteiger partial charge < -0.3 is 14.2 Å². The van der Waals surface area contributed by atoms with Crippen LogP contribution in [-0.2, 0) is 28.6 Å². The van der Waals surface area contributed by atoms with Crippen LogP contribution in [0.2, 0.25) is 0 Å². The number of ether oxygens (including phenoxy) is 3. The number of carbonyl (C=O) groups excluding carboxylic acids is 3. The lowest BCUT2D eigenvalue weighted by Gasteiger charge is -2.18. The Balaban J connectivity index is 4.36. The third-order valence-corrected chi connectivity index (χ3v) is 13.6. The lowest BCUT2D eigenvalue weighted by molar-refractivity contribution is -0.167. The molecule has 0 aliphatic heterocycles. The molecular weight excluding hydrogens is 853 g/mol. The molecule has 0 heterocycles. The highest BCUT2D eigenvalue weighted by Gasteiger charge is 2.19. The van der Waals surface area contributed by atoms with Gasteiger partial charge in [-0.1, -0.05) is 269 Å². The second kappa shape index (κ2) is 58.2. The zero-order valence-electron chi connectivity index (χ0n) is 46.3. The van der Waals surface area contributed by atoms with Crippen LogP contribution in [0, 0.1) is 0 Å². The van der Waals surface area contributed by atoms with E-state index in [9.17, 15) is 14.4 Å². The molecule has 0 aromatic rings. The van der Waals surface area contributed by atoms with E-state index in [4.69, 9.17) is 14.2 Å². The Kier molecular flexibility index (Phi) is 56.2. The topological polar surface area (TPSA) is 78.9 Å². The second-order valence-corrected chi connectivity index (χ2v) is 20.6. The van der Waals surface area contributed by atoms with Gasteiger partial charge in [-0.15, -0.1) is 0 Å². The Morgan fingerprint density at radius 1 is 0.290 bits per heavy atom. The van der Waals surface area contributed by atoms with Crippen molar-refractivity contribution in [3.63, 3.8) is 0 Å². The van der Waals surface area contributed by atoms with Crippen molar-refractivity contribution < 1.29 is 28.6 Å². The fourth-order valence-electron chi connectivity index (χ4n) is 9.00. The van der Waals surface area contributed by atoms with Gasteiger partial charge in [0.25, 0.3) is 0 Å². The van der Waals surface area contributed by atoms with Crippen molar-refractivity contribution in [2.24, 2.45) is 0 Å². The molecule has 0 aliphatic carbocycles. The molecule has 0 aromatic heterocycles. The number of hydrogen-bond acceptors (Lipinski definition) is 6. The smallest absolute Gasteiger partial charge is 0.306 e. The maximum Gasteiger partial charge on any atom is 0.306 e.